The van der Waals surface area contributed by atoms with Crippen LogP contribution in [0, 0.1) is 0 Å². The van der Waals surface area contributed by atoms with Crippen molar-refractivity contribution >= 4 is 0 Å². The second-order valence-electron chi connectivity index (χ2n) is 6.41. The van der Waals surface area contributed by atoms with E-state index >= 15 is 0 Å². The molecule has 2 aromatic rings. The van der Waals surface area contributed by atoms with E-state index in [0.717, 1.165) is 51.5 Å². The van der Waals surface area contributed by atoms with Gasteiger partial charge in [-0.1, -0.05) is 24.3 Å². The quantitative estimate of drug-likeness (QED) is 0.932. The van der Waals surface area contributed by atoms with Crippen molar-refractivity contribution in [2.24, 2.45) is 7.05 Å². The summed E-state index contributed by atoms with van der Waals surface area (Å²) in [5, 5.41) is 8.42. The Bertz CT molecular complexity index is 675. The van der Waals surface area contributed by atoms with Crippen molar-refractivity contribution in [3.8, 4) is 0 Å². The number of aryl methyl sites for hydroxylation is 1. The van der Waals surface area contributed by atoms with Crippen LogP contribution in [0.25, 0.3) is 0 Å². The van der Waals surface area contributed by atoms with Crippen molar-refractivity contribution in [1.82, 2.24) is 20.0 Å². The van der Waals surface area contributed by atoms with Gasteiger partial charge in [0.25, 0.3) is 0 Å². The zero-order chi connectivity index (χ0) is 15.6. The minimum absolute atomic E-state index is 0.213. The molecule has 1 saturated heterocycles. The average Bonchev–Trinajstić information content (AvgIpc) is 2.96. The van der Waals surface area contributed by atoms with Crippen molar-refractivity contribution in [2.45, 2.75) is 19.0 Å². The third-order valence-electron chi connectivity index (χ3n) is 4.89. The summed E-state index contributed by atoms with van der Waals surface area (Å²) in [5.41, 5.74) is 5.21. The maximum Gasteiger partial charge on any atom is 0.0842 e. The van der Waals surface area contributed by atoms with Gasteiger partial charge in [0.2, 0.25) is 0 Å². The minimum Gasteiger partial charge on any atom is -0.379 e. The molecule has 1 fully saturated rings. The Morgan fingerprint density at radius 1 is 1.26 bits per heavy atom. The largest absolute Gasteiger partial charge is 0.379 e. The number of rotatable bonds is 3. The maximum atomic E-state index is 5.43. The number of aromatic nitrogens is 2. The number of nitrogens with zero attached hydrogens (tertiary/aromatic N) is 3. The average molecular weight is 312 g/mol. The highest BCUT2D eigenvalue weighted by atomic mass is 16.5. The highest BCUT2D eigenvalue weighted by Gasteiger charge is 2.24. The molecule has 0 spiro atoms. The van der Waals surface area contributed by atoms with E-state index in [0.29, 0.717) is 0 Å². The van der Waals surface area contributed by atoms with Crippen LogP contribution in [0.15, 0.2) is 30.3 Å². The van der Waals surface area contributed by atoms with E-state index in [1.54, 1.807) is 0 Å². The molecule has 5 nitrogen and oxygen atoms in total. The number of hydrogen-bond acceptors (Lipinski definition) is 4. The van der Waals surface area contributed by atoms with Gasteiger partial charge < -0.3 is 10.1 Å². The number of ether oxygens (including phenoxy) is 1. The first-order valence-electron chi connectivity index (χ1n) is 8.45. The Morgan fingerprint density at radius 3 is 2.96 bits per heavy atom. The van der Waals surface area contributed by atoms with Gasteiger partial charge in [-0.25, -0.2) is 0 Å². The van der Waals surface area contributed by atoms with E-state index in [-0.39, 0.29) is 6.04 Å². The van der Waals surface area contributed by atoms with Crippen molar-refractivity contribution in [3.63, 3.8) is 0 Å². The predicted molar refractivity (Wildman–Crippen MR) is 89.3 cm³/mol. The van der Waals surface area contributed by atoms with E-state index in [1.807, 2.05) is 11.7 Å². The van der Waals surface area contributed by atoms with Gasteiger partial charge in [-0.2, -0.15) is 5.10 Å². The SMILES string of the molecule is Cn1nc([C@H]2NCCc3ccccc32)cc1CN1CCOCC1. The molecule has 1 aromatic carbocycles. The molecule has 1 atom stereocenters. The van der Waals surface area contributed by atoms with E-state index in [9.17, 15) is 0 Å². The predicted octanol–water partition coefficient (Wildman–Crippen LogP) is 1.49. The van der Waals surface area contributed by atoms with Crippen molar-refractivity contribution in [1.29, 1.82) is 0 Å². The van der Waals surface area contributed by atoms with Crippen LogP contribution in [0.1, 0.15) is 28.6 Å². The lowest BCUT2D eigenvalue weighted by atomic mass is 9.92. The van der Waals surface area contributed by atoms with Crippen LogP contribution in [0.3, 0.4) is 0 Å². The second-order valence-corrected chi connectivity index (χ2v) is 6.41. The van der Waals surface area contributed by atoms with Crippen LogP contribution >= 0.6 is 0 Å². The minimum atomic E-state index is 0.213. The maximum absolute atomic E-state index is 5.43. The van der Waals surface area contributed by atoms with Crippen LogP contribution in [0.2, 0.25) is 0 Å². The Labute approximate surface area is 137 Å². The first-order valence-corrected chi connectivity index (χ1v) is 8.45. The molecule has 0 unspecified atom stereocenters. The molecule has 0 radical (unpaired) electrons. The second kappa shape index (κ2) is 6.43. The van der Waals surface area contributed by atoms with Crippen LogP contribution < -0.4 is 5.32 Å². The van der Waals surface area contributed by atoms with Gasteiger partial charge in [-0.3, -0.25) is 9.58 Å². The summed E-state index contributed by atoms with van der Waals surface area (Å²) in [6.45, 7) is 5.64. The fourth-order valence-electron chi connectivity index (χ4n) is 3.58. The van der Waals surface area contributed by atoms with Crippen molar-refractivity contribution < 1.29 is 4.74 Å². The molecule has 2 aliphatic heterocycles. The highest BCUT2D eigenvalue weighted by Crippen LogP contribution is 2.28. The van der Waals surface area contributed by atoms with Crippen molar-refractivity contribution in [2.75, 3.05) is 32.8 Å². The molecule has 0 aliphatic carbocycles. The summed E-state index contributed by atoms with van der Waals surface area (Å²) < 4.78 is 7.46. The molecule has 0 saturated carbocycles. The lowest BCUT2D eigenvalue weighted by molar-refractivity contribution is 0.0331. The molecule has 23 heavy (non-hydrogen) atoms. The molecule has 1 N–H and O–H groups in total. The number of nitrogens with one attached hydrogen (secondary N) is 1. The number of hydrogen-bond donors (Lipinski definition) is 1. The van der Waals surface area contributed by atoms with E-state index in [1.165, 1.54) is 16.8 Å². The molecule has 0 amide bonds. The molecule has 122 valence electrons. The van der Waals surface area contributed by atoms with Gasteiger partial charge in [0.1, 0.15) is 0 Å². The Balaban J connectivity index is 1.57. The lowest BCUT2D eigenvalue weighted by Crippen LogP contribution is -2.36. The van der Waals surface area contributed by atoms with Gasteiger partial charge in [-0.15, -0.1) is 0 Å². The summed E-state index contributed by atoms with van der Waals surface area (Å²) in [5.74, 6) is 0. The Morgan fingerprint density at radius 2 is 2.09 bits per heavy atom. The van der Waals surface area contributed by atoms with Gasteiger partial charge in [-0.05, 0) is 23.6 Å². The fourth-order valence-corrected chi connectivity index (χ4v) is 3.58. The standard InChI is InChI=1S/C18H24N4O/c1-21-15(13-22-8-10-23-11-9-22)12-17(20-21)18-16-5-3-2-4-14(16)6-7-19-18/h2-5,12,18-19H,6-11,13H2,1H3/t18-/m0/s1. The zero-order valence-corrected chi connectivity index (χ0v) is 13.7. The third kappa shape index (κ3) is 3.04. The molecular formula is C18H24N4O. The molecule has 0 bridgehead atoms. The summed E-state index contributed by atoms with van der Waals surface area (Å²) >= 11 is 0. The van der Waals surface area contributed by atoms with Crippen LogP contribution in [0.4, 0.5) is 0 Å². The van der Waals surface area contributed by atoms with Crippen molar-refractivity contribution in [3.05, 3.63) is 52.8 Å². The smallest absolute Gasteiger partial charge is 0.0842 e. The Kier molecular flexibility index (Phi) is 4.16. The third-order valence-corrected chi connectivity index (χ3v) is 4.89. The monoisotopic (exact) mass is 312 g/mol. The van der Waals surface area contributed by atoms with Crippen LogP contribution in [-0.2, 0) is 24.8 Å². The first kappa shape index (κ1) is 14.9. The topological polar surface area (TPSA) is 42.3 Å². The van der Waals surface area contributed by atoms with Gasteiger partial charge in [0, 0.05) is 33.2 Å². The van der Waals surface area contributed by atoms with Crippen LogP contribution in [-0.4, -0.2) is 47.5 Å². The van der Waals surface area contributed by atoms with Gasteiger partial charge in [0.05, 0.1) is 30.6 Å². The fraction of sp³-hybridized carbons (Fsp3) is 0.500. The molecule has 1 aromatic heterocycles. The van der Waals surface area contributed by atoms with Gasteiger partial charge >= 0.3 is 0 Å². The summed E-state index contributed by atoms with van der Waals surface area (Å²) in [4.78, 5) is 2.44. The van der Waals surface area contributed by atoms with E-state index in [2.05, 4.69) is 40.5 Å². The number of fused-ring (bicyclic) bond motifs is 1. The summed E-state index contributed by atoms with van der Waals surface area (Å²) in [6, 6.07) is 11.2. The highest BCUT2D eigenvalue weighted by molar-refractivity contribution is 5.37. The van der Waals surface area contributed by atoms with Gasteiger partial charge in [0.15, 0.2) is 0 Å². The lowest BCUT2D eigenvalue weighted by Gasteiger charge is -2.26. The van der Waals surface area contributed by atoms with Crippen LogP contribution in [0.5, 0.6) is 0 Å². The molecule has 4 rings (SSSR count). The molecular weight excluding hydrogens is 288 g/mol. The molecule has 5 heteroatoms. The summed E-state index contributed by atoms with van der Waals surface area (Å²) in [7, 11) is 2.05. The first-order chi connectivity index (χ1) is 11.3. The number of morpholine rings is 1. The Hall–Kier alpha value is -1.69. The van der Waals surface area contributed by atoms with E-state index in [4.69, 9.17) is 9.84 Å². The summed E-state index contributed by atoms with van der Waals surface area (Å²) in [6.07, 6.45) is 1.10. The normalized spacial score (nSPS) is 22.0. The van der Waals surface area contributed by atoms with E-state index < -0.39 is 0 Å². The molecule has 2 aliphatic rings. The molecule has 3 heterocycles. The number of benzene rings is 1. The zero-order valence-electron chi connectivity index (χ0n) is 13.7.